The standard InChI is InChI=1S/C35H40N6O3/c1-5-41(6-2)33-16-11-31(12-17-33)37-39-32-15-20-35(27(3)25-32)40-38-30-9-7-28(8-10-30)26-36-29-13-18-34(19-14-29)44-24-23-43-22-21-42-4/h7-20,25-26H,5-6,21-24H2,1-4H3. The molecule has 44 heavy (non-hydrogen) atoms. The summed E-state index contributed by atoms with van der Waals surface area (Å²) >= 11 is 0. The van der Waals surface area contributed by atoms with E-state index in [0.29, 0.717) is 26.4 Å². The highest BCUT2D eigenvalue weighted by Crippen LogP contribution is 2.28. The van der Waals surface area contributed by atoms with E-state index in [9.17, 15) is 0 Å². The van der Waals surface area contributed by atoms with Gasteiger partial charge in [-0.15, -0.1) is 0 Å². The molecule has 228 valence electrons. The molecule has 0 N–H and O–H groups in total. The summed E-state index contributed by atoms with van der Waals surface area (Å²) in [6, 6.07) is 29.3. The summed E-state index contributed by atoms with van der Waals surface area (Å²) in [5.41, 5.74) is 7.08. The molecule has 4 rings (SSSR count). The Morgan fingerprint density at radius 1 is 0.636 bits per heavy atom. The van der Waals surface area contributed by atoms with Gasteiger partial charge >= 0.3 is 0 Å². The Kier molecular flexibility index (Phi) is 12.7. The molecule has 0 bridgehead atoms. The molecule has 0 atom stereocenters. The molecule has 0 aliphatic carbocycles. The van der Waals surface area contributed by atoms with Crippen LogP contribution in [-0.4, -0.2) is 52.8 Å². The monoisotopic (exact) mass is 592 g/mol. The molecule has 0 saturated heterocycles. The van der Waals surface area contributed by atoms with Gasteiger partial charge in [0.15, 0.2) is 0 Å². The number of nitrogens with zero attached hydrogens (tertiary/aromatic N) is 6. The highest BCUT2D eigenvalue weighted by molar-refractivity contribution is 5.82. The summed E-state index contributed by atoms with van der Waals surface area (Å²) in [6.07, 6.45) is 1.82. The van der Waals surface area contributed by atoms with Gasteiger partial charge in [0.1, 0.15) is 12.4 Å². The lowest BCUT2D eigenvalue weighted by atomic mass is 10.2. The first-order valence-electron chi connectivity index (χ1n) is 14.8. The predicted molar refractivity (Wildman–Crippen MR) is 178 cm³/mol. The van der Waals surface area contributed by atoms with Crippen LogP contribution >= 0.6 is 0 Å². The molecule has 0 radical (unpaired) electrons. The van der Waals surface area contributed by atoms with E-state index in [1.54, 1.807) is 7.11 Å². The summed E-state index contributed by atoms with van der Waals surface area (Å²) in [5, 5.41) is 17.6. The molecular formula is C35H40N6O3. The molecule has 9 heteroatoms. The Morgan fingerprint density at radius 3 is 1.89 bits per heavy atom. The third-order valence-corrected chi connectivity index (χ3v) is 6.73. The molecule has 0 amide bonds. The number of aryl methyl sites for hydroxylation is 1. The van der Waals surface area contributed by atoms with Crippen molar-refractivity contribution in [1.82, 2.24) is 0 Å². The van der Waals surface area contributed by atoms with Gasteiger partial charge < -0.3 is 19.1 Å². The summed E-state index contributed by atoms with van der Waals surface area (Å²) < 4.78 is 16.0. The third kappa shape index (κ3) is 10.2. The van der Waals surface area contributed by atoms with Crippen LogP contribution in [0.2, 0.25) is 0 Å². The van der Waals surface area contributed by atoms with Crippen LogP contribution in [0.25, 0.3) is 0 Å². The number of benzene rings is 4. The first kappa shape index (κ1) is 32.2. The van der Waals surface area contributed by atoms with Gasteiger partial charge in [-0.1, -0.05) is 12.1 Å². The van der Waals surface area contributed by atoms with E-state index in [2.05, 4.69) is 56.3 Å². The zero-order chi connectivity index (χ0) is 31.0. The molecular weight excluding hydrogens is 552 g/mol. The van der Waals surface area contributed by atoms with E-state index in [0.717, 1.165) is 58.4 Å². The number of methoxy groups -OCH3 is 1. The minimum atomic E-state index is 0.486. The van der Waals surface area contributed by atoms with Gasteiger partial charge in [0.25, 0.3) is 0 Å². The fourth-order valence-corrected chi connectivity index (χ4v) is 4.23. The van der Waals surface area contributed by atoms with Crippen molar-refractivity contribution in [2.24, 2.45) is 25.4 Å². The number of azo groups is 2. The molecule has 9 nitrogen and oxygen atoms in total. The van der Waals surface area contributed by atoms with Crippen molar-refractivity contribution in [3.05, 3.63) is 102 Å². The maximum Gasteiger partial charge on any atom is 0.119 e. The average Bonchev–Trinajstić information content (AvgIpc) is 3.06. The lowest BCUT2D eigenvalue weighted by Crippen LogP contribution is -2.21. The van der Waals surface area contributed by atoms with Crippen LogP contribution in [0.15, 0.2) is 116 Å². The van der Waals surface area contributed by atoms with E-state index in [-0.39, 0.29) is 0 Å². The van der Waals surface area contributed by atoms with Crippen molar-refractivity contribution in [3.8, 4) is 5.75 Å². The largest absolute Gasteiger partial charge is 0.491 e. The molecule has 4 aromatic carbocycles. The number of ether oxygens (including phenoxy) is 3. The van der Waals surface area contributed by atoms with Crippen LogP contribution in [0.3, 0.4) is 0 Å². The Hall–Kier alpha value is -4.73. The maximum absolute atomic E-state index is 5.68. The van der Waals surface area contributed by atoms with E-state index < -0.39 is 0 Å². The molecule has 0 aromatic heterocycles. The van der Waals surface area contributed by atoms with Gasteiger partial charge in [0.05, 0.1) is 48.3 Å². The normalized spacial score (nSPS) is 11.6. The summed E-state index contributed by atoms with van der Waals surface area (Å²) in [5.74, 6) is 0.778. The Bertz CT molecular complexity index is 1510. The van der Waals surface area contributed by atoms with Gasteiger partial charge in [0.2, 0.25) is 0 Å². The van der Waals surface area contributed by atoms with Gasteiger partial charge in [0, 0.05) is 32.1 Å². The van der Waals surface area contributed by atoms with E-state index in [1.807, 2.05) is 92.0 Å². The number of rotatable bonds is 16. The topological polar surface area (TPSA) is 92.7 Å². The third-order valence-electron chi connectivity index (χ3n) is 6.73. The Labute approximate surface area is 260 Å². The number of hydrogen-bond donors (Lipinski definition) is 0. The number of anilines is 1. The second kappa shape index (κ2) is 17.4. The van der Waals surface area contributed by atoms with Crippen LogP contribution in [0.4, 0.5) is 34.1 Å². The van der Waals surface area contributed by atoms with Gasteiger partial charge in [-0.2, -0.15) is 20.5 Å². The molecule has 0 spiro atoms. The molecule has 0 unspecified atom stereocenters. The van der Waals surface area contributed by atoms with Crippen molar-refractivity contribution in [1.29, 1.82) is 0 Å². The zero-order valence-electron chi connectivity index (χ0n) is 25.9. The lowest BCUT2D eigenvalue weighted by Gasteiger charge is -2.20. The molecule has 0 heterocycles. The summed E-state index contributed by atoms with van der Waals surface area (Å²) in [4.78, 5) is 6.85. The minimum absolute atomic E-state index is 0.486. The molecule has 0 saturated carbocycles. The smallest absolute Gasteiger partial charge is 0.119 e. The van der Waals surface area contributed by atoms with Gasteiger partial charge in [-0.3, -0.25) is 4.99 Å². The second-order valence-corrected chi connectivity index (χ2v) is 9.86. The predicted octanol–water partition coefficient (Wildman–Crippen LogP) is 9.46. The van der Waals surface area contributed by atoms with Crippen molar-refractivity contribution in [3.63, 3.8) is 0 Å². The van der Waals surface area contributed by atoms with E-state index >= 15 is 0 Å². The summed E-state index contributed by atoms with van der Waals surface area (Å²) in [7, 11) is 1.65. The lowest BCUT2D eigenvalue weighted by molar-refractivity contribution is 0.0544. The summed E-state index contributed by atoms with van der Waals surface area (Å²) in [6.45, 7) is 10.4. The van der Waals surface area contributed by atoms with Gasteiger partial charge in [-0.25, -0.2) is 0 Å². The van der Waals surface area contributed by atoms with Crippen molar-refractivity contribution in [2.45, 2.75) is 20.8 Å². The Morgan fingerprint density at radius 2 is 1.23 bits per heavy atom. The Balaban J connectivity index is 1.27. The average molecular weight is 593 g/mol. The molecule has 0 aliphatic rings. The van der Waals surface area contributed by atoms with E-state index in [4.69, 9.17) is 14.2 Å². The SMILES string of the molecule is CCN(CC)c1ccc(N=Nc2ccc(N=Nc3ccc(C=Nc4ccc(OCCOCCOC)cc4)cc3)c(C)c2)cc1. The highest BCUT2D eigenvalue weighted by atomic mass is 16.5. The van der Waals surface area contributed by atoms with Crippen molar-refractivity contribution >= 4 is 40.3 Å². The van der Waals surface area contributed by atoms with Crippen molar-refractivity contribution in [2.75, 3.05) is 51.5 Å². The van der Waals surface area contributed by atoms with Crippen LogP contribution in [0.1, 0.15) is 25.0 Å². The van der Waals surface area contributed by atoms with Gasteiger partial charge in [-0.05, 0) is 111 Å². The second-order valence-electron chi connectivity index (χ2n) is 9.86. The van der Waals surface area contributed by atoms with Crippen LogP contribution < -0.4 is 9.64 Å². The maximum atomic E-state index is 5.68. The number of hydrogen-bond acceptors (Lipinski definition) is 9. The fraction of sp³-hybridized carbons (Fsp3) is 0.286. The zero-order valence-corrected chi connectivity index (χ0v) is 25.9. The first-order valence-corrected chi connectivity index (χ1v) is 14.8. The quantitative estimate of drug-likeness (QED) is 0.0736. The van der Waals surface area contributed by atoms with Crippen LogP contribution in [-0.2, 0) is 9.47 Å². The van der Waals surface area contributed by atoms with Crippen molar-refractivity contribution < 1.29 is 14.2 Å². The number of aliphatic imine (C=N–C) groups is 1. The van der Waals surface area contributed by atoms with Crippen LogP contribution in [0, 0.1) is 6.92 Å². The molecule has 0 aliphatic heterocycles. The first-order chi connectivity index (χ1) is 21.6. The minimum Gasteiger partial charge on any atom is -0.491 e. The fourth-order valence-electron chi connectivity index (χ4n) is 4.23. The molecule has 0 fully saturated rings. The van der Waals surface area contributed by atoms with E-state index in [1.165, 1.54) is 5.69 Å². The van der Waals surface area contributed by atoms with Crippen LogP contribution in [0.5, 0.6) is 5.75 Å². The highest BCUT2D eigenvalue weighted by Gasteiger charge is 2.03. The molecule has 4 aromatic rings.